The van der Waals surface area contributed by atoms with Gasteiger partial charge in [0, 0.05) is 19.6 Å². The highest BCUT2D eigenvalue weighted by Crippen LogP contribution is 2.26. The lowest BCUT2D eigenvalue weighted by molar-refractivity contribution is 0.123. The van der Waals surface area contributed by atoms with E-state index in [-0.39, 0.29) is 11.5 Å². The fourth-order valence-corrected chi connectivity index (χ4v) is 2.95. The van der Waals surface area contributed by atoms with Crippen molar-refractivity contribution in [2.45, 2.75) is 46.1 Å². The minimum absolute atomic E-state index is 0.170. The van der Waals surface area contributed by atoms with E-state index in [2.05, 4.69) is 63.8 Å². The van der Waals surface area contributed by atoms with E-state index in [1.54, 1.807) is 0 Å². The molecule has 0 radical (unpaired) electrons. The minimum Gasteiger partial charge on any atom is -0.387 e. The molecule has 1 aromatic carbocycles. The van der Waals surface area contributed by atoms with Gasteiger partial charge in [-0.2, -0.15) is 0 Å². The second kappa shape index (κ2) is 5.87. The molecule has 1 saturated heterocycles. The predicted molar refractivity (Wildman–Crippen MR) is 84.9 cm³/mol. The number of hydrogen-bond donors (Lipinski definition) is 1. The van der Waals surface area contributed by atoms with Crippen molar-refractivity contribution in [2.75, 3.05) is 19.6 Å². The lowest BCUT2D eigenvalue weighted by Crippen LogP contribution is -2.26. The molecule has 0 saturated carbocycles. The largest absolute Gasteiger partial charge is 0.387 e. The molecule has 0 amide bonds. The van der Waals surface area contributed by atoms with Gasteiger partial charge in [0.05, 0.1) is 6.10 Å². The predicted octanol–water partition coefficient (Wildman–Crippen LogP) is 3.61. The van der Waals surface area contributed by atoms with Crippen molar-refractivity contribution >= 4 is 0 Å². The average Bonchev–Trinajstić information content (AvgIpc) is 2.67. The molecule has 1 aromatic rings. The molecule has 0 aromatic heterocycles. The van der Waals surface area contributed by atoms with Crippen LogP contribution in [0.5, 0.6) is 0 Å². The number of likely N-dealkylation sites (tertiary alicyclic amines) is 1. The van der Waals surface area contributed by atoms with Crippen LogP contribution in [-0.4, -0.2) is 29.6 Å². The van der Waals surface area contributed by atoms with Crippen LogP contribution in [0.15, 0.2) is 24.3 Å². The van der Waals surface area contributed by atoms with E-state index in [0.29, 0.717) is 0 Å². The van der Waals surface area contributed by atoms with Gasteiger partial charge in [-0.3, -0.25) is 4.90 Å². The summed E-state index contributed by atoms with van der Waals surface area (Å²) in [6.45, 7) is 14.2. The molecule has 1 N–H and O–H groups in total. The quantitative estimate of drug-likeness (QED) is 0.911. The van der Waals surface area contributed by atoms with E-state index in [1.165, 1.54) is 5.56 Å². The van der Waals surface area contributed by atoms with Crippen LogP contribution in [0.2, 0.25) is 0 Å². The first kappa shape index (κ1) is 15.5. The van der Waals surface area contributed by atoms with Gasteiger partial charge in [-0.05, 0) is 28.4 Å². The molecule has 2 nitrogen and oxygen atoms in total. The van der Waals surface area contributed by atoms with Crippen molar-refractivity contribution in [3.8, 4) is 0 Å². The highest BCUT2D eigenvalue weighted by atomic mass is 16.3. The molecule has 2 heteroatoms. The van der Waals surface area contributed by atoms with Crippen LogP contribution in [0, 0.1) is 11.8 Å². The molecular weight excluding hydrogens is 246 g/mol. The van der Waals surface area contributed by atoms with E-state index in [0.717, 1.165) is 37.0 Å². The fourth-order valence-electron chi connectivity index (χ4n) is 2.95. The van der Waals surface area contributed by atoms with E-state index in [4.69, 9.17) is 0 Å². The summed E-state index contributed by atoms with van der Waals surface area (Å²) < 4.78 is 0. The van der Waals surface area contributed by atoms with Crippen molar-refractivity contribution in [2.24, 2.45) is 11.8 Å². The van der Waals surface area contributed by atoms with E-state index >= 15 is 0 Å². The maximum Gasteiger partial charge on any atom is 0.0916 e. The second-order valence-electron chi connectivity index (χ2n) is 7.56. The summed E-state index contributed by atoms with van der Waals surface area (Å²) in [5.41, 5.74) is 2.52. The molecule has 1 aliphatic heterocycles. The first-order chi connectivity index (χ1) is 9.27. The lowest BCUT2D eigenvalue weighted by Gasteiger charge is -2.22. The summed E-state index contributed by atoms with van der Waals surface area (Å²) in [7, 11) is 0. The van der Waals surface area contributed by atoms with E-state index in [9.17, 15) is 5.11 Å². The number of aliphatic hydroxyl groups excluding tert-OH is 1. The maximum absolute atomic E-state index is 10.4. The normalized spacial score (nSPS) is 25.9. The Hall–Kier alpha value is -0.860. The molecule has 1 heterocycles. The Kier molecular flexibility index (Phi) is 4.55. The molecule has 3 unspecified atom stereocenters. The Morgan fingerprint density at radius 3 is 2.05 bits per heavy atom. The Morgan fingerprint density at radius 2 is 1.60 bits per heavy atom. The zero-order valence-corrected chi connectivity index (χ0v) is 13.6. The van der Waals surface area contributed by atoms with Crippen LogP contribution in [0.1, 0.15) is 51.8 Å². The molecule has 20 heavy (non-hydrogen) atoms. The standard InChI is InChI=1S/C18H29NO/c1-13-10-19(11-14(13)2)12-17(20)15-6-8-16(9-7-15)18(3,4)5/h6-9,13-14,17,20H,10-12H2,1-5H3. The smallest absolute Gasteiger partial charge is 0.0916 e. The number of rotatable bonds is 3. The molecule has 2 rings (SSSR count). The lowest BCUT2D eigenvalue weighted by atomic mass is 9.86. The van der Waals surface area contributed by atoms with Crippen molar-refractivity contribution < 1.29 is 5.11 Å². The molecule has 0 spiro atoms. The number of benzene rings is 1. The molecule has 112 valence electrons. The summed E-state index contributed by atoms with van der Waals surface area (Å²) in [5, 5.41) is 10.4. The van der Waals surface area contributed by atoms with Crippen LogP contribution < -0.4 is 0 Å². The van der Waals surface area contributed by atoms with Crippen LogP contribution in [0.4, 0.5) is 0 Å². The highest BCUT2D eigenvalue weighted by molar-refractivity contribution is 5.28. The number of β-amino-alcohol motifs (C(OH)–C–C–N with tert-alkyl or cyclic N) is 1. The van der Waals surface area contributed by atoms with E-state index in [1.807, 2.05) is 0 Å². The zero-order valence-electron chi connectivity index (χ0n) is 13.6. The van der Waals surface area contributed by atoms with Gasteiger partial charge in [0.2, 0.25) is 0 Å². The summed E-state index contributed by atoms with van der Waals surface area (Å²) in [5.74, 6) is 1.48. The number of nitrogens with zero attached hydrogens (tertiary/aromatic N) is 1. The van der Waals surface area contributed by atoms with Crippen LogP contribution in [0.25, 0.3) is 0 Å². The fraction of sp³-hybridized carbons (Fsp3) is 0.667. The molecule has 1 aliphatic rings. The summed E-state index contributed by atoms with van der Waals surface area (Å²) >= 11 is 0. The maximum atomic E-state index is 10.4. The third-order valence-corrected chi connectivity index (χ3v) is 4.66. The molecule has 1 fully saturated rings. The Balaban J connectivity index is 1.98. The van der Waals surface area contributed by atoms with Gasteiger partial charge < -0.3 is 5.11 Å². The summed E-state index contributed by atoms with van der Waals surface area (Å²) in [6, 6.07) is 8.45. The Morgan fingerprint density at radius 1 is 1.10 bits per heavy atom. The molecule has 0 aliphatic carbocycles. The first-order valence-corrected chi connectivity index (χ1v) is 7.78. The van der Waals surface area contributed by atoms with Gasteiger partial charge >= 0.3 is 0 Å². The average molecular weight is 275 g/mol. The topological polar surface area (TPSA) is 23.5 Å². The molecular formula is C18H29NO. The van der Waals surface area contributed by atoms with Gasteiger partial charge in [-0.15, -0.1) is 0 Å². The molecule has 3 atom stereocenters. The Labute approximate surface area is 123 Å². The minimum atomic E-state index is -0.374. The van der Waals surface area contributed by atoms with Gasteiger partial charge in [0.25, 0.3) is 0 Å². The summed E-state index contributed by atoms with van der Waals surface area (Å²) in [6.07, 6.45) is -0.374. The van der Waals surface area contributed by atoms with Crippen molar-refractivity contribution in [3.05, 3.63) is 35.4 Å². The van der Waals surface area contributed by atoms with Crippen LogP contribution in [0.3, 0.4) is 0 Å². The van der Waals surface area contributed by atoms with Gasteiger partial charge in [0.1, 0.15) is 0 Å². The third-order valence-electron chi connectivity index (χ3n) is 4.66. The van der Waals surface area contributed by atoms with Crippen LogP contribution >= 0.6 is 0 Å². The highest BCUT2D eigenvalue weighted by Gasteiger charge is 2.27. The number of hydrogen-bond acceptors (Lipinski definition) is 2. The monoisotopic (exact) mass is 275 g/mol. The summed E-state index contributed by atoms with van der Waals surface area (Å²) in [4.78, 5) is 2.39. The second-order valence-corrected chi connectivity index (χ2v) is 7.56. The number of aliphatic hydroxyl groups is 1. The Bertz CT molecular complexity index is 422. The molecule has 0 bridgehead atoms. The van der Waals surface area contributed by atoms with Crippen molar-refractivity contribution in [3.63, 3.8) is 0 Å². The van der Waals surface area contributed by atoms with E-state index < -0.39 is 0 Å². The van der Waals surface area contributed by atoms with Gasteiger partial charge in [0.15, 0.2) is 0 Å². The van der Waals surface area contributed by atoms with Gasteiger partial charge in [-0.25, -0.2) is 0 Å². The van der Waals surface area contributed by atoms with Crippen LogP contribution in [-0.2, 0) is 5.41 Å². The van der Waals surface area contributed by atoms with Crippen molar-refractivity contribution in [1.82, 2.24) is 4.90 Å². The zero-order chi connectivity index (χ0) is 14.9. The third kappa shape index (κ3) is 3.62. The van der Waals surface area contributed by atoms with Gasteiger partial charge in [-0.1, -0.05) is 58.9 Å². The van der Waals surface area contributed by atoms with Crippen molar-refractivity contribution in [1.29, 1.82) is 0 Å². The SMILES string of the molecule is CC1CN(CC(O)c2ccc(C(C)(C)C)cc2)CC1C. The first-order valence-electron chi connectivity index (χ1n) is 7.78.